The van der Waals surface area contributed by atoms with E-state index in [0.717, 1.165) is 27.8 Å². The predicted molar refractivity (Wildman–Crippen MR) is 88.8 cm³/mol. The van der Waals surface area contributed by atoms with Crippen molar-refractivity contribution in [2.45, 2.75) is 6.42 Å². The van der Waals surface area contributed by atoms with Gasteiger partial charge < -0.3 is 4.57 Å². The Labute approximate surface area is 127 Å². The molecule has 1 aromatic heterocycles. The van der Waals surface area contributed by atoms with E-state index in [9.17, 15) is 4.79 Å². The molecule has 0 fully saturated rings. The van der Waals surface area contributed by atoms with Crippen LogP contribution in [-0.2, 0) is 6.42 Å². The SMILES string of the molecule is O=C1Cc2cc3ccccc3cc2-n2c1cc1ccccc12. The Morgan fingerprint density at radius 1 is 0.773 bits per heavy atom. The summed E-state index contributed by atoms with van der Waals surface area (Å²) in [6, 6.07) is 22.9. The molecule has 104 valence electrons. The molecule has 5 rings (SSSR count). The van der Waals surface area contributed by atoms with Crippen LogP contribution in [0, 0.1) is 0 Å². The maximum atomic E-state index is 12.5. The maximum absolute atomic E-state index is 12.5. The van der Waals surface area contributed by atoms with Gasteiger partial charge in [-0.2, -0.15) is 0 Å². The Balaban J connectivity index is 1.94. The number of fused-ring (bicyclic) bond motifs is 6. The minimum absolute atomic E-state index is 0.194. The second-order valence-corrected chi connectivity index (χ2v) is 5.85. The van der Waals surface area contributed by atoms with E-state index in [4.69, 9.17) is 0 Å². The van der Waals surface area contributed by atoms with E-state index < -0.39 is 0 Å². The number of hydrogen-bond donors (Lipinski definition) is 0. The van der Waals surface area contributed by atoms with E-state index in [1.807, 2.05) is 24.3 Å². The lowest BCUT2D eigenvalue weighted by molar-refractivity contribution is 0.0983. The third kappa shape index (κ3) is 1.47. The second kappa shape index (κ2) is 4.08. The summed E-state index contributed by atoms with van der Waals surface area (Å²) in [5.74, 6) is 0.194. The molecule has 1 aliphatic heterocycles. The molecular weight excluding hydrogens is 270 g/mol. The lowest BCUT2D eigenvalue weighted by atomic mass is 9.97. The van der Waals surface area contributed by atoms with Crippen LogP contribution in [0.2, 0.25) is 0 Å². The lowest BCUT2D eigenvalue weighted by Gasteiger charge is -2.20. The first kappa shape index (κ1) is 11.8. The van der Waals surface area contributed by atoms with Crippen LogP contribution in [0.25, 0.3) is 27.4 Å². The maximum Gasteiger partial charge on any atom is 0.184 e. The second-order valence-electron chi connectivity index (χ2n) is 5.85. The van der Waals surface area contributed by atoms with E-state index in [-0.39, 0.29) is 5.78 Å². The van der Waals surface area contributed by atoms with Gasteiger partial charge in [0.25, 0.3) is 0 Å². The van der Waals surface area contributed by atoms with Crippen LogP contribution in [0.5, 0.6) is 0 Å². The zero-order chi connectivity index (χ0) is 14.7. The molecule has 2 nitrogen and oxygen atoms in total. The third-order valence-electron chi connectivity index (χ3n) is 4.54. The molecule has 0 saturated carbocycles. The summed E-state index contributed by atoms with van der Waals surface area (Å²) in [6.07, 6.45) is 0.483. The van der Waals surface area contributed by atoms with E-state index >= 15 is 0 Å². The standard InChI is InChI=1S/C20H13NO/c22-20-12-16-9-13-5-1-2-6-14(13)10-18(16)21-17-8-4-3-7-15(17)11-19(20)21/h1-11H,12H2. The van der Waals surface area contributed by atoms with Crippen molar-refractivity contribution in [3.05, 3.63) is 78.0 Å². The van der Waals surface area contributed by atoms with Crippen LogP contribution < -0.4 is 0 Å². The van der Waals surface area contributed by atoms with Crippen molar-refractivity contribution in [2.75, 3.05) is 0 Å². The van der Waals surface area contributed by atoms with E-state index in [0.29, 0.717) is 6.42 Å². The number of hydrogen-bond acceptors (Lipinski definition) is 1. The third-order valence-corrected chi connectivity index (χ3v) is 4.54. The molecular formula is C20H13NO. The summed E-state index contributed by atoms with van der Waals surface area (Å²) >= 11 is 0. The molecule has 0 saturated heterocycles. The minimum atomic E-state index is 0.194. The molecule has 0 radical (unpaired) electrons. The zero-order valence-corrected chi connectivity index (χ0v) is 11.9. The fraction of sp³-hybridized carbons (Fsp3) is 0.0500. The normalized spacial score (nSPS) is 13.4. The highest BCUT2D eigenvalue weighted by molar-refractivity contribution is 6.05. The number of nitrogens with zero attached hydrogens (tertiary/aromatic N) is 1. The minimum Gasteiger partial charge on any atom is -0.306 e. The Morgan fingerprint density at radius 2 is 1.45 bits per heavy atom. The summed E-state index contributed by atoms with van der Waals surface area (Å²) in [7, 11) is 0. The van der Waals surface area contributed by atoms with Gasteiger partial charge in [-0.05, 0) is 40.6 Å². The molecule has 0 N–H and O–H groups in total. The van der Waals surface area contributed by atoms with Crippen LogP contribution in [0.1, 0.15) is 16.1 Å². The van der Waals surface area contributed by atoms with Crippen LogP contribution in [0.3, 0.4) is 0 Å². The van der Waals surface area contributed by atoms with Gasteiger partial charge in [-0.25, -0.2) is 0 Å². The highest BCUT2D eigenvalue weighted by Gasteiger charge is 2.24. The van der Waals surface area contributed by atoms with Gasteiger partial charge in [-0.1, -0.05) is 42.5 Å². The van der Waals surface area contributed by atoms with Gasteiger partial charge in [0.15, 0.2) is 5.78 Å². The van der Waals surface area contributed by atoms with E-state index in [1.165, 1.54) is 10.8 Å². The molecule has 22 heavy (non-hydrogen) atoms. The molecule has 4 aromatic rings. The summed E-state index contributed by atoms with van der Waals surface area (Å²) < 4.78 is 2.11. The Kier molecular flexibility index (Phi) is 2.18. The van der Waals surface area contributed by atoms with Crippen molar-refractivity contribution in [3.8, 4) is 5.69 Å². The molecule has 2 heteroatoms. The molecule has 0 bridgehead atoms. The van der Waals surface area contributed by atoms with E-state index in [1.54, 1.807) is 0 Å². The summed E-state index contributed by atoms with van der Waals surface area (Å²) in [6.45, 7) is 0. The number of para-hydroxylation sites is 1. The van der Waals surface area contributed by atoms with Gasteiger partial charge in [-0.3, -0.25) is 4.79 Å². The van der Waals surface area contributed by atoms with Crippen molar-refractivity contribution in [1.82, 2.24) is 4.57 Å². The number of aromatic nitrogens is 1. The topological polar surface area (TPSA) is 22.0 Å². The van der Waals surface area contributed by atoms with Gasteiger partial charge in [0.05, 0.1) is 16.9 Å². The fourth-order valence-electron chi connectivity index (χ4n) is 3.51. The van der Waals surface area contributed by atoms with Gasteiger partial charge in [0.2, 0.25) is 0 Å². The summed E-state index contributed by atoms with van der Waals surface area (Å²) in [5, 5.41) is 3.51. The number of Topliss-reactive ketones (excluding diaryl/α,β-unsaturated/α-hetero) is 1. The number of benzene rings is 3. The molecule has 3 aromatic carbocycles. The quantitative estimate of drug-likeness (QED) is 0.465. The van der Waals surface area contributed by atoms with Crippen molar-refractivity contribution in [3.63, 3.8) is 0 Å². The highest BCUT2D eigenvalue weighted by atomic mass is 16.1. The molecule has 0 unspecified atom stereocenters. The number of carbonyl (C=O) groups excluding carboxylic acids is 1. The lowest BCUT2D eigenvalue weighted by Crippen LogP contribution is -2.18. The summed E-state index contributed by atoms with van der Waals surface area (Å²) in [4.78, 5) is 12.5. The van der Waals surface area contributed by atoms with Gasteiger partial charge in [0, 0.05) is 11.8 Å². The first-order valence-corrected chi connectivity index (χ1v) is 7.47. The number of carbonyl (C=O) groups is 1. The molecule has 0 amide bonds. The summed E-state index contributed by atoms with van der Waals surface area (Å²) in [5.41, 5.74) is 4.14. The Morgan fingerprint density at radius 3 is 2.27 bits per heavy atom. The first-order valence-electron chi connectivity index (χ1n) is 7.47. The molecule has 0 aliphatic carbocycles. The van der Waals surface area contributed by atoms with Crippen LogP contribution in [0.4, 0.5) is 0 Å². The smallest absolute Gasteiger partial charge is 0.184 e. The highest BCUT2D eigenvalue weighted by Crippen LogP contribution is 2.33. The van der Waals surface area contributed by atoms with Crippen LogP contribution in [0.15, 0.2) is 66.7 Å². The van der Waals surface area contributed by atoms with Crippen LogP contribution in [-0.4, -0.2) is 10.4 Å². The predicted octanol–water partition coefficient (Wildman–Crippen LogP) is 4.52. The largest absolute Gasteiger partial charge is 0.306 e. The molecule has 2 heterocycles. The first-order chi connectivity index (χ1) is 10.8. The number of ketones is 1. The van der Waals surface area contributed by atoms with Crippen molar-refractivity contribution < 1.29 is 4.79 Å². The van der Waals surface area contributed by atoms with Crippen molar-refractivity contribution in [1.29, 1.82) is 0 Å². The zero-order valence-electron chi connectivity index (χ0n) is 11.9. The molecule has 1 aliphatic rings. The van der Waals surface area contributed by atoms with Gasteiger partial charge in [0.1, 0.15) is 0 Å². The molecule has 0 atom stereocenters. The van der Waals surface area contributed by atoms with E-state index in [2.05, 4.69) is 47.0 Å². The average Bonchev–Trinajstić information content (AvgIpc) is 2.94. The van der Waals surface area contributed by atoms with Gasteiger partial charge >= 0.3 is 0 Å². The van der Waals surface area contributed by atoms with Crippen LogP contribution >= 0.6 is 0 Å². The number of rotatable bonds is 0. The van der Waals surface area contributed by atoms with Crippen molar-refractivity contribution in [2.24, 2.45) is 0 Å². The fourth-order valence-corrected chi connectivity index (χ4v) is 3.51. The average molecular weight is 283 g/mol. The molecule has 0 spiro atoms. The monoisotopic (exact) mass is 283 g/mol. The Hall–Kier alpha value is -2.87. The van der Waals surface area contributed by atoms with Crippen molar-refractivity contribution >= 4 is 27.5 Å². The Bertz CT molecular complexity index is 1070. The van der Waals surface area contributed by atoms with Gasteiger partial charge in [-0.15, -0.1) is 0 Å².